The van der Waals surface area contributed by atoms with Gasteiger partial charge in [0, 0.05) is 29.9 Å². The number of anilines is 1. The van der Waals surface area contributed by atoms with E-state index in [1.54, 1.807) is 10.8 Å². The highest BCUT2D eigenvalue weighted by atomic mass is 16.1. The standard InChI is InChI=1S/C10H11N3O/c1-2-13-9(14)6-8(11)7-4-3-5-12-10(7)13/h3-6H,2,11H2,1H3. The van der Waals surface area contributed by atoms with Crippen molar-refractivity contribution in [2.75, 3.05) is 5.73 Å². The maximum Gasteiger partial charge on any atom is 0.254 e. The average Bonchev–Trinajstić information content (AvgIpc) is 2.18. The molecule has 2 heterocycles. The first-order chi connectivity index (χ1) is 6.74. The summed E-state index contributed by atoms with van der Waals surface area (Å²) in [6, 6.07) is 5.11. The molecule has 0 saturated carbocycles. The van der Waals surface area contributed by atoms with Crippen LogP contribution in [0.15, 0.2) is 29.2 Å². The lowest BCUT2D eigenvalue weighted by Crippen LogP contribution is -2.20. The summed E-state index contributed by atoms with van der Waals surface area (Å²) in [5, 5.41) is 0.828. The van der Waals surface area contributed by atoms with Crippen LogP contribution >= 0.6 is 0 Å². The average molecular weight is 189 g/mol. The normalized spacial score (nSPS) is 10.6. The highest BCUT2D eigenvalue weighted by Gasteiger charge is 2.05. The van der Waals surface area contributed by atoms with Crippen LogP contribution in [0, 0.1) is 0 Å². The Bertz CT molecular complexity index is 530. The third-order valence-corrected chi connectivity index (χ3v) is 2.21. The quantitative estimate of drug-likeness (QED) is 0.728. The summed E-state index contributed by atoms with van der Waals surface area (Å²) in [6.45, 7) is 2.51. The number of nitrogens with zero attached hydrogens (tertiary/aromatic N) is 2. The van der Waals surface area contributed by atoms with Gasteiger partial charge in [-0.1, -0.05) is 0 Å². The molecule has 0 amide bonds. The van der Waals surface area contributed by atoms with E-state index < -0.39 is 0 Å². The Balaban J connectivity index is 2.98. The SMILES string of the molecule is CCn1c(=O)cc(N)c2cccnc21. The molecule has 0 aromatic carbocycles. The van der Waals surface area contributed by atoms with Gasteiger partial charge in [0.15, 0.2) is 0 Å². The summed E-state index contributed by atoms with van der Waals surface area (Å²) in [5.41, 5.74) is 6.77. The first kappa shape index (κ1) is 8.74. The monoisotopic (exact) mass is 189 g/mol. The van der Waals surface area contributed by atoms with Crippen LogP contribution in [0.1, 0.15) is 6.92 Å². The number of hydrogen-bond donors (Lipinski definition) is 1. The van der Waals surface area contributed by atoms with E-state index in [0.717, 1.165) is 5.39 Å². The highest BCUT2D eigenvalue weighted by molar-refractivity contribution is 5.87. The molecule has 0 atom stereocenters. The van der Waals surface area contributed by atoms with Crippen molar-refractivity contribution in [3.05, 3.63) is 34.7 Å². The van der Waals surface area contributed by atoms with E-state index in [4.69, 9.17) is 5.73 Å². The van der Waals surface area contributed by atoms with E-state index in [-0.39, 0.29) is 5.56 Å². The van der Waals surface area contributed by atoms with Gasteiger partial charge in [0.2, 0.25) is 0 Å². The molecule has 2 aromatic rings. The summed E-state index contributed by atoms with van der Waals surface area (Å²) in [4.78, 5) is 15.7. The van der Waals surface area contributed by atoms with E-state index in [1.807, 2.05) is 19.1 Å². The number of nitrogen functional groups attached to an aromatic ring is 1. The van der Waals surface area contributed by atoms with Crippen molar-refractivity contribution in [3.63, 3.8) is 0 Å². The maximum atomic E-state index is 11.5. The third-order valence-electron chi connectivity index (χ3n) is 2.21. The Morgan fingerprint density at radius 2 is 2.36 bits per heavy atom. The van der Waals surface area contributed by atoms with Crippen molar-refractivity contribution in [2.45, 2.75) is 13.5 Å². The summed E-state index contributed by atoms with van der Waals surface area (Å²) < 4.78 is 1.60. The number of rotatable bonds is 1. The zero-order chi connectivity index (χ0) is 10.1. The molecule has 0 unspecified atom stereocenters. The summed E-state index contributed by atoms with van der Waals surface area (Å²) in [6.07, 6.45) is 1.66. The molecule has 4 heteroatoms. The summed E-state index contributed by atoms with van der Waals surface area (Å²) in [7, 11) is 0. The number of nitrogens with two attached hydrogens (primary N) is 1. The molecule has 72 valence electrons. The topological polar surface area (TPSA) is 60.9 Å². The Kier molecular flexibility index (Phi) is 1.96. The zero-order valence-corrected chi connectivity index (χ0v) is 7.90. The van der Waals surface area contributed by atoms with Crippen LogP contribution in [0.5, 0.6) is 0 Å². The minimum Gasteiger partial charge on any atom is -0.398 e. The lowest BCUT2D eigenvalue weighted by molar-refractivity contribution is 0.750. The van der Waals surface area contributed by atoms with Gasteiger partial charge in [-0.3, -0.25) is 9.36 Å². The van der Waals surface area contributed by atoms with Gasteiger partial charge >= 0.3 is 0 Å². The van der Waals surface area contributed by atoms with Gasteiger partial charge in [-0.05, 0) is 19.1 Å². The van der Waals surface area contributed by atoms with Crippen molar-refractivity contribution >= 4 is 16.7 Å². The second-order valence-corrected chi connectivity index (χ2v) is 3.06. The highest BCUT2D eigenvalue weighted by Crippen LogP contribution is 2.15. The van der Waals surface area contributed by atoms with Gasteiger partial charge in [0.05, 0.1) is 0 Å². The fraction of sp³-hybridized carbons (Fsp3) is 0.200. The van der Waals surface area contributed by atoms with Gasteiger partial charge in [-0.2, -0.15) is 0 Å². The maximum absolute atomic E-state index is 11.5. The first-order valence-electron chi connectivity index (χ1n) is 4.48. The van der Waals surface area contributed by atoms with Crippen LogP contribution in [0.3, 0.4) is 0 Å². The fourth-order valence-corrected chi connectivity index (χ4v) is 1.54. The molecule has 0 aliphatic carbocycles. The van der Waals surface area contributed by atoms with E-state index in [1.165, 1.54) is 6.07 Å². The molecule has 0 bridgehead atoms. The smallest absolute Gasteiger partial charge is 0.254 e. The minimum atomic E-state index is -0.101. The van der Waals surface area contributed by atoms with E-state index in [0.29, 0.717) is 17.9 Å². The largest absolute Gasteiger partial charge is 0.398 e. The molecule has 14 heavy (non-hydrogen) atoms. The van der Waals surface area contributed by atoms with Gasteiger partial charge in [0.1, 0.15) is 5.65 Å². The number of aromatic nitrogens is 2. The number of hydrogen-bond acceptors (Lipinski definition) is 3. The molecule has 0 spiro atoms. The van der Waals surface area contributed by atoms with Crippen LogP contribution in [0.2, 0.25) is 0 Å². The summed E-state index contributed by atoms with van der Waals surface area (Å²) >= 11 is 0. The zero-order valence-electron chi connectivity index (χ0n) is 7.90. The molecule has 0 radical (unpaired) electrons. The lowest BCUT2D eigenvalue weighted by Gasteiger charge is -2.07. The fourth-order valence-electron chi connectivity index (χ4n) is 1.54. The molecular formula is C10H11N3O. The van der Waals surface area contributed by atoms with Gasteiger partial charge in [0.25, 0.3) is 5.56 Å². The van der Waals surface area contributed by atoms with Crippen LogP contribution in [0.4, 0.5) is 5.69 Å². The van der Waals surface area contributed by atoms with Gasteiger partial charge in [-0.15, -0.1) is 0 Å². The van der Waals surface area contributed by atoms with Crippen molar-refractivity contribution in [3.8, 4) is 0 Å². The van der Waals surface area contributed by atoms with Crippen molar-refractivity contribution in [1.29, 1.82) is 0 Å². The first-order valence-corrected chi connectivity index (χ1v) is 4.48. The van der Waals surface area contributed by atoms with E-state index >= 15 is 0 Å². The molecule has 4 nitrogen and oxygen atoms in total. The number of pyridine rings is 2. The van der Waals surface area contributed by atoms with Crippen molar-refractivity contribution < 1.29 is 0 Å². The molecule has 2 rings (SSSR count). The Labute approximate surface area is 81.0 Å². The Hall–Kier alpha value is -1.84. The molecule has 0 fully saturated rings. The van der Waals surface area contributed by atoms with Crippen molar-refractivity contribution in [2.24, 2.45) is 0 Å². The van der Waals surface area contributed by atoms with E-state index in [9.17, 15) is 4.79 Å². The van der Waals surface area contributed by atoms with Crippen LogP contribution < -0.4 is 11.3 Å². The predicted molar refractivity (Wildman–Crippen MR) is 56.1 cm³/mol. The van der Waals surface area contributed by atoms with Crippen LogP contribution in [0.25, 0.3) is 11.0 Å². The number of fused-ring (bicyclic) bond motifs is 1. The predicted octanol–water partition coefficient (Wildman–Crippen LogP) is 0.999. The second-order valence-electron chi connectivity index (χ2n) is 3.06. The van der Waals surface area contributed by atoms with Crippen LogP contribution in [-0.2, 0) is 6.54 Å². The molecule has 2 aromatic heterocycles. The minimum absolute atomic E-state index is 0.101. The molecule has 2 N–H and O–H groups in total. The van der Waals surface area contributed by atoms with E-state index in [2.05, 4.69) is 4.98 Å². The Morgan fingerprint density at radius 3 is 3.07 bits per heavy atom. The van der Waals surface area contributed by atoms with Gasteiger partial charge in [-0.25, -0.2) is 4.98 Å². The summed E-state index contributed by atoms with van der Waals surface area (Å²) in [5.74, 6) is 0. The molecular weight excluding hydrogens is 178 g/mol. The van der Waals surface area contributed by atoms with Crippen LogP contribution in [-0.4, -0.2) is 9.55 Å². The van der Waals surface area contributed by atoms with Crippen molar-refractivity contribution in [1.82, 2.24) is 9.55 Å². The number of aryl methyl sites for hydroxylation is 1. The molecule has 0 aliphatic heterocycles. The Morgan fingerprint density at radius 1 is 1.57 bits per heavy atom. The molecule has 0 saturated heterocycles. The lowest BCUT2D eigenvalue weighted by atomic mass is 10.2. The molecule has 0 aliphatic rings. The van der Waals surface area contributed by atoms with Gasteiger partial charge < -0.3 is 5.73 Å². The second kappa shape index (κ2) is 3.14. The third kappa shape index (κ3) is 1.16.